The van der Waals surface area contributed by atoms with E-state index in [9.17, 15) is 4.79 Å². The number of hydrogen-bond acceptors (Lipinski definition) is 4. The summed E-state index contributed by atoms with van der Waals surface area (Å²) in [6, 6.07) is 5.92. The Bertz CT molecular complexity index is 664. The summed E-state index contributed by atoms with van der Waals surface area (Å²) in [5, 5.41) is 6.76. The number of guanidine groups is 1. The fourth-order valence-electron chi connectivity index (χ4n) is 3.84. The highest BCUT2D eigenvalue weighted by atomic mass is 127. The second-order valence-electron chi connectivity index (χ2n) is 7.26. The molecule has 156 valence electrons. The van der Waals surface area contributed by atoms with E-state index in [1.54, 1.807) is 7.11 Å². The summed E-state index contributed by atoms with van der Waals surface area (Å²) in [4.78, 5) is 23.7. The van der Waals surface area contributed by atoms with E-state index >= 15 is 0 Å². The van der Waals surface area contributed by atoms with E-state index in [-0.39, 0.29) is 35.9 Å². The average molecular weight is 501 g/mol. The third-order valence-electron chi connectivity index (χ3n) is 5.28. The van der Waals surface area contributed by atoms with Gasteiger partial charge < -0.3 is 20.3 Å². The second-order valence-corrected chi connectivity index (χ2v) is 7.26. The number of amides is 1. The number of aromatic nitrogens is 1. The standard InChI is InChI=1S/C20H31N5O2.HI/c1-3-21-20(22-13-16-9-6-10-18(23-16)27-2)24-17-11-12-25(14-17)19(26)15-7-4-5-8-15;/h6,9-10,15,17H,3-5,7-8,11-14H2,1-2H3,(H2,21,22,24);1H. The molecule has 1 saturated heterocycles. The molecule has 1 aliphatic carbocycles. The quantitative estimate of drug-likeness (QED) is 0.356. The van der Waals surface area contributed by atoms with E-state index in [4.69, 9.17) is 4.74 Å². The minimum atomic E-state index is 0. The predicted molar refractivity (Wildman–Crippen MR) is 121 cm³/mol. The zero-order valence-electron chi connectivity index (χ0n) is 16.8. The second kappa shape index (κ2) is 11.4. The van der Waals surface area contributed by atoms with Crippen molar-refractivity contribution in [1.82, 2.24) is 20.5 Å². The monoisotopic (exact) mass is 501 g/mol. The van der Waals surface area contributed by atoms with Crippen molar-refractivity contribution in [2.24, 2.45) is 10.9 Å². The van der Waals surface area contributed by atoms with Gasteiger partial charge in [0.1, 0.15) is 0 Å². The van der Waals surface area contributed by atoms with Gasteiger partial charge >= 0.3 is 0 Å². The van der Waals surface area contributed by atoms with Crippen LogP contribution in [0.5, 0.6) is 5.88 Å². The fourth-order valence-corrected chi connectivity index (χ4v) is 3.84. The van der Waals surface area contributed by atoms with Crippen LogP contribution in [0.2, 0.25) is 0 Å². The molecular weight excluding hydrogens is 469 g/mol. The average Bonchev–Trinajstić information content (AvgIpc) is 3.38. The lowest BCUT2D eigenvalue weighted by atomic mass is 10.1. The van der Waals surface area contributed by atoms with E-state index in [0.29, 0.717) is 18.3 Å². The summed E-state index contributed by atoms with van der Waals surface area (Å²) in [5.41, 5.74) is 0.857. The highest BCUT2D eigenvalue weighted by molar-refractivity contribution is 14.0. The first-order chi connectivity index (χ1) is 13.2. The van der Waals surface area contributed by atoms with Gasteiger partial charge in [0.2, 0.25) is 11.8 Å². The number of rotatable bonds is 6. The summed E-state index contributed by atoms with van der Waals surface area (Å²) in [5.74, 6) is 1.96. The molecule has 2 fully saturated rings. The molecule has 3 rings (SSSR count). The van der Waals surface area contributed by atoms with Crippen LogP contribution in [-0.2, 0) is 11.3 Å². The molecule has 1 atom stereocenters. The van der Waals surface area contributed by atoms with Gasteiger partial charge in [0.05, 0.1) is 19.3 Å². The topological polar surface area (TPSA) is 78.9 Å². The number of halogens is 1. The molecule has 0 radical (unpaired) electrons. The number of nitrogens with zero attached hydrogens (tertiary/aromatic N) is 3. The Balaban J connectivity index is 0.00000280. The Kier molecular flexibility index (Phi) is 9.27. The molecule has 0 spiro atoms. The van der Waals surface area contributed by atoms with Crippen molar-refractivity contribution >= 4 is 35.8 Å². The Morgan fingerprint density at radius 3 is 2.82 bits per heavy atom. The van der Waals surface area contributed by atoms with E-state index in [1.165, 1.54) is 12.8 Å². The Morgan fingerprint density at radius 1 is 1.32 bits per heavy atom. The van der Waals surface area contributed by atoms with Gasteiger partial charge in [-0.15, -0.1) is 24.0 Å². The summed E-state index contributed by atoms with van der Waals surface area (Å²) in [7, 11) is 1.61. The maximum Gasteiger partial charge on any atom is 0.225 e. The zero-order valence-corrected chi connectivity index (χ0v) is 19.1. The van der Waals surface area contributed by atoms with Gasteiger partial charge in [-0.25, -0.2) is 9.98 Å². The van der Waals surface area contributed by atoms with Gasteiger partial charge in [-0.3, -0.25) is 4.79 Å². The third-order valence-corrected chi connectivity index (χ3v) is 5.28. The lowest BCUT2D eigenvalue weighted by molar-refractivity contribution is -0.134. The van der Waals surface area contributed by atoms with Crippen molar-refractivity contribution < 1.29 is 9.53 Å². The van der Waals surface area contributed by atoms with E-state index in [0.717, 1.165) is 50.6 Å². The molecule has 2 heterocycles. The smallest absolute Gasteiger partial charge is 0.225 e. The highest BCUT2D eigenvalue weighted by Gasteiger charge is 2.32. The van der Waals surface area contributed by atoms with Crippen LogP contribution in [0.4, 0.5) is 0 Å². The van der Waals surface area contributed by atoms with Gasteiger partial charge in [-0.2, -0.15) is 0 Å². The van der Waals surface area contributed by atoms with E-state index < -0.39 is 0 Å². The van der Waals surface area contributed by atoms with Crippen LogP contribution in [0.3, 0.4) is 0 Å². The normalized spacial score (nSPS) is 20.0. The molecule has 1 aromatic rings. The first kappa shape index (κ1) is 22.7. The van der Waals surface area contributed by atoms with Gasteiger partial charge in [0.15, 0.2) is 5.96 Å². The molecular formula is C20H32IN5O2. The van der Waals surface area contributed by atoms with Crippen LogP contribution in [0.1, 0.15) is 44.7 Å². The van der Waals surface area contributed by atoms with Gasteiger partial charge in [0.25, 0.3) is 0 Å². The molecule has 2 aliphatic rings. The third kappa shape index (κ3) is 6.22. The zero-order chi connectivity index (χ0) is 19.1. The molecule has 8 heteroatoms. The van der Waals surface area contributed by atoms with E-state index in [2.05, 4.69) is 20.6 Å². The Hall–Kier alpha value is -1.58. The molecule has 1 aromatic heterocycles. The number of aliphatic imine (C=N–C) groups is 1. The van der Waals surface area contributed by atoms with Gasteiger partial charge in [-0.1, -0.05) is 18.9 Å². The summed E-state index contributed by atoms with van der Waals surface area (Å²) < 4.78 is 5.16. The highest BCUT2D eigenvalue weighted by Crippen LogP contribution is 2.27. The fraction of sp³-hybridized carbons (Fsp3) is 0.650. The van der Waals surface area contributed by atoms with Crippen LogP contribution in [0, 0.1) is 5.92 Å². The Labute approximate surface area is 184 Å². The predicted octanol–water partition coefficient (Wildman–Crippen LogP) is 2.55. The van der Waals surface area contributed by atoms with Crippen LogP contribution in [-0.4, -0.2) is 54.5 Å². The number of likely N-dealkylation sites (tertiary alicyclic amines) is 1. The lowest BCUT2D eigenvalue weighted by Gasteiger charge is -2.21. The molecule has 2 N–H and O–H groups in total. The van der Waals surface area contributed by atoms with Crippen molar-refractivity contribution in [1.29, 1.82) is 0 Å². The van der Waals surface area contributed by atoms with Crippen molar-refractivity contribution in [3.63, 3.8) is 0 Å². The van der Waals surface area contributed by atoms with Gasteiger partial charge in [0, 0.05) is 37.7 Å². The molecule has 0 aromatic carbocycles. The summed E-state index contributed by atoms with van der Waals surface area (Å²) in [6.45, 7) is 4.91. The number of carbonyl (C=O) groups excluding carboxylic acids is 1. The molecule has 1 saturated carbocycles. The van der Waals surface area contributed by atoms with E-state index in [1.807, 2.05) is 30.0 Å². The minimum absolute atomic E-state index is 0. The molecule has 1 unspecified atom stereocenters. The first-order valence-corrected chi connectivity index (χ1v) is 10.0. The first-order valence-electron chi connectivity index (χ1n) is 10.0. The van der Waals surface area contributed by atoms with Crippen molar-refractivity contribution in [3.8, 4) is 5.88 Å². The number of hydrogen-bond donors (Lipinski definition) is 2. The number of carbonyl (C=O) groups is 1. The molecule has 1 amide bonds. The SMILES string of the molecule is CCNC(=NCc1cccc(OC)n1)NC1CCN(C(=O)C2CCCC2)C1.I. The number of methoxy groups -OCH3 is 1. The van der Waals surface area contributed by atoms with Gasteiger partial charge in [-0.05, 0) is 32.3 Å². The van der Waals surface area contributed by atoms with Crippen LogP contribution in [0.25, 0.3) is 0 Å². The summed E-state index contributed by atoms with van der Waals surface area (Å²) >= 11 is 0. The van der Waals surface area contributed by atoms with Crippen LogP contribution < -0.4 is 15.4 Å². The minimum Gasteiger partial charge on any atom is -0.481 e. The lowest BCUT2D eigenvalue weighted by Crippen LogP contribution is -2.45. The molecule has 28 heavy (non-hydrogen) atoms. The molecule has 0 bridgehead atoms. The van der Waals surface area contributed by atoms with Crippen LogP contribution >= 0.6 is 24.0 Å². The van der Waals surface area contributed by atoms with Crippen molar-refractivity contribution in [2.45, 2.75) is 51.6 Å². The largest absolute Gasteiger partial charge is 0.481 e. The summed E-state index contributed by atoms with van der Waals surface area (Å²) in [6.07, 6.45) is 5.47. The number of ether oxygens (including phenoxy) is 1. The molecule has 7 nitrogen and oxygen atoms in total. The Morgan fingerprint density at radius 2 is 2.11 bits per heavy atom. The number of nitrogens with one attached hydrogen (secondary N) is 2. The maximum absolute atomic E-state index is 12.6. The maximum atomic E-state index is 12.6. The van der Waals surface area contributed by atoms with Crippen molar-refractivity contribution in [3.05, 3.63) is 23.9 Å². The number of pyridine rings is 1. The van der Waals surface area contributed by atoms with Crippen LogP contribution in [0.15, 0.2) is 23.2 Å². The van der Waals surface area contributed by atoms with Crippen molar-refractivity contribution in [2.75, 3.05) is 26.7 Å². The molecule has 1 aliphatic heterocycles.